The molecule has 0 bridgehead atoms. The molecule has 4 heteroatoms. The summed E-state index contributed by atoms with van der Waals surface area (Å²) < 4.78 is 2.42. The van der Waals surface area contributed by atoms with Gasteiger partial charge < -0.3 is 28.9 Å². The molecule has 0 amide bonds. The van der Waals surface area contributed by atoms with Crippen molar-refractivity contribution >= 4 is 34.3 Å². The number of rotatable bonds is 3. The summed E-state index contributed by atoms with van der Waals surface area (Å²) in [4.78, 5) is 3.66. The zero-order chi connectivity index (χ0) is 21.5. The summed E-state index contributed by atoms with van der Waals surface area (Å²) in [6, 6.07) is 28.7. The average Bonchev–Trinajstić information content (AvgIpc) is 3.09. The Morgan fingerprint density at radius 1 is 0.875 bits per heavy atom. The van der Waals surface area contributed by atoms with E-state index in [1.54, 1.807) is 0 Å². The third kappa shape index (κ3) is 4.06. The Bertz CT molecular complexity index is 1290. The molecule has 1 atom stereocenters. The van der Waals surface area contributed by atoms with Crippen LogP contribution in [0.3, 0.4) is 0 Å². The Morgan fingerprint density at radius 2 is 1.53 bits per heavy atom. The van der Waals surface area contributed by atoms with Crippen LogP contribution >= 0.6 is 11.8 Å². The quantitative estimate of drug-likeness (QED) is 0.282. The molecular formula is C28H27IN2S. The third-order valence-electron chi connectivity index (χ3n) is 6.21. The summed E-state index contributed by atoms with van der Waals surface area (Å²) in [6.45, 7) is 6.69. The largest absolute Gasteiger partial charge is 1.00 e. The second-order valence-corrected chi connectivity index (χ2v) is 9.37. The van der Waals surface area contributed by atoms with Gasteiger partial charge in [0, 0.05) is 55.8 Å². The minimum Gasteiger partial charge on any atom is -1.00 e. The van der Waals surface area contributed by atoms with Gasteiger partial charge in [0.05, 0.1) is 10.7 Å². The second-order valence-electron chi connectivity index (χ2n) is 8.31. The Labute approximate surface area is 212 Å². The molecule has 3 aromatic carbocycles. The molecule has 1 aromatic heterocycles. The van der Waals surface area contributed by atoms with Gasteiger partial charge in [0.15, 0.2) is 17.4 Å². The first-order valence-corrected chi connectivity index (χ1v) is 11.6. The second kappa shape index (κ2) is 9.28. The van der Waals surface area contributed by atoms with Gasteiger partial charge in [0.25, 0.3) is 0 Å². The number of fused-ring (bicyclic) bond motifs is 3. The lowest BCUT2D eigenvalue weighted by molar-refractivity contribution is -0.721. The maximum Gasteiger partial charge on any atom is 0.181 e. The Hall–Kier alpha value is -2.31. The molecule has 0 aliphatic carbocycles. The number of thioether (sulfide) groups is 1. The SMILES string of the molecule is Cc1cc(/C=C2\Sc3ccc4ccccc4c3N2C)cc(C)[n+]1C(C)c1ccccc1.[I-]. The lowest BCUT2D eigenvalue weighted by Crippen LogP contribution is -3.00. The van der Waals surface area contributed by atoms with E-state index < -0.39 is 0 Å². The highest BCUT2D eigenvalue weighted by atomic mass is 127. The van der Waals surface area contributed by atoms with Crippen molar-refractivity contribution in [3.8, 4) is 0 Å². The highest BCUT2D eigenvalue weighted by Gasteiger charge is 2.25. The molecule has 0 saturated heterocycles. The summed E-state index contributed by atoms with van der Waals surface area (Å²) in [7, 11) is 2.18. The molecule has 0 radical (unpaired) electrons. The molecule has 2 heterocycles. The van der Waals surface area contributed by atoms with E-state index in [1.165, 1.54) is 48.9 Å². The Morgan fingerprint density at radius 3 is 2.25 bits per heavy atom. The van der Waals surface area contributed by atoms with Crippen molar-refractivity contribution in [2.45, 2.75) is 31.7 Å². The van der Waals surface area contributed by atoms with E-state index in [2.05, 4.69) is 122 Å². The van der Waals surface area contributed by atoms with Crippen LogP contribution in [-0.4, -0.2) is 7.05 Å². The van der Waals surface area contributed by atoms with Crippen LogP contribution in [0, 0.1) is 13.8 Å². The van der Waals surface area contributed by atoms with E-state index in [1.807, 2.05) is 11.8 Å². The van der Waals surface area contributed by atoms with Crippen LogP contribution in [0.5, 0.6) is 0 Å². The summed E-state index contributed by atoms with van der Waals surface area (Å²) in [5.41, 5.74) is 6.44. The first kappa shape index (κ1) is 22.9. The van der Waals surface area contributed by atoms with Gasteiger partial charge in [0.2, 0.25) is 0 Å². The first-order valence-electron chi connectivity index (χ1n) is 10.8. The summed E-state index contributed by atoms with van der Waals surface area (Å²) in [5, 5.41) is 3.87. The van der Waals surface area contributed by atoms with Crippen molar-refractivity contribution in [3.63, 3.8) is 0 Å². The number of pyridine rings is 1. The van der Waals surface area contributed by atoms with Crippen molar-refractivity contribution in [1.29, 1.82) is 0 Å². The predicted octanol–water partition coefficient (Wildman–Crippen LogP) is 3.90. The molecular weight excluding hydrogens is 523 g/mol. The summed E-state index contributed by atoms with van der Waals surface area (Å²) in [6.07, 6.45) is 2.32. The zero-order valence-electron chi connectivity index (χ0n) is 18.8. The van der Waals surface area contributed by atoms with Crippen molar-refractivity contribution in [2.75, 3.05) is 11.9 Å². The van der Waals surface area contributed by atoms with Crippen LogP contribution in [0.15, 0.2) is 88.8 Å². The maximum atomic E-state index is 2.42. The molecule has 1 aliphatic rings. The number of hydrogen-bond acceptors (Lipinski definition) is 2. The summed E-state index contributed by atoms with van der Waals surface area (Å²) >= 11 is 1.85. The lowest BCUT2D eigenvalue weighted by Gasteiger charge is -2.16. The standard InChI is InChI=1S/C28H27N2S.HI/c1-19-16-22(17-20(2)30(19)21(3)23-10-6-5-7-11-23)18-27-29(4)28-25-13-9-8-12-24(25)14-15-26(28)31-27;/h5-18,21H,1-4H3;1H/q+1;/p-1. The minimum absolute atomic E-state index is 0. The molecule has 2 nitrogen and oxygen atoms in total. The Kier molecular flexibility index (Phi) is 6.63. The van der Waals surface area contributed by atoms with E-state index in [0.717, 1.165) is 0 Å². The van der Waals surface area contributed by atoms with Crippen LogP contribution in [0.25, 0.3) is 16.8 Å². The molecule has 5 rings (SSSR count). The molecule has 1 aliphatic heterocycles. The fraction of sp³-hybridized carbons (Fsp3) is 0.179. The van der Waals surface area contributed by atoms with E-state index in [0.29, 0.717) is 6.04 Å². The predicted molar refractivity (Wildman–Crippen MR) is 133 cm³/mol. The highest BCUT2D eigenvalue weighted by molar-refractivity contribution is 8.04. The van der Waals surface area contributed by atoms with Gasteiger partial charge in [-0.1, -0.05) is 72.4 Å². The number of halogens is 1. The molecule has 0 saturated carbocycles. The van der Waals surface area contributed by atoms with Crippen LogP contribution < -0.4 is 33.4 Å². The third-order valence-corrected chi connectivity index (χ3v) is 7.36. The van der Waals surface area contributed by atoms with Gasteiger partial charge >= 0.3 is 0 Å². The number of aryl methyl sites for hydroxylation is 2. The van der Waals surface area contributed by atoms with E-state index in [4.69, 9.17) is 0 Å². The van der Waals surface area contributed by atoms with Crippen LogP contribution in [-0.2, 0) is 0 Å². The lowest BCUT2D eigenvalue weighted by atomic mass is 10.1. The van der Waals surface area contributed by atoms with Crippen LogP contribution in [0.1, 0.15) is 35.5 Å². The zero-order valence-corrected chi connectivity index (χ0v) is 21.8. The molecule has 0 N–H and O–H groups in total. The van der Waals surface area contributed by atoms with Gasteiger partial charge in [-0.05, 0) is 23.1 Å². The number of benzene rings is 3. The van der Waals surface area contributed by atoms with Crippen molar-refractivity contribution < 1.29 is 28.5 Å². The van der Waals surface area contributed by atoms with Crippen LogP contribution in [0.4, 0.5) is 5.69 Å². The van der Waals surface area contributed by atoms with Crippen molar-refractivity contribution in [3.05, 3.63) is 106 Å². The monoisotopic (exact) mass is 550 g/mol. The number of nitrogens with zero attached hydrogens (tertiary/aromatic N) is 2. The molecule has 0 fully saturated rings. The fourth-order valence-electron chi connectivity index (χ4n) is 4.74. The molecule has 32 heavy (non-hydrogen) atoms. The van der Waals surface area contributed by atoms with Gasteiger partial charge in [-0.15, -0.1) is 0 Å². The maximum absolute atomic E-state index is 2.42. The highest BCUT2D eigenvalue weighted by Crippen LogP contribution is 2.49. The van der Waals surface area contributed by atoms with Crippen molar-refractivity contribution in [2.24, 2.45) is 0 Å². The first-order chi connectivity index (χ1) is 15.0. The molecule has 162 valence electrons. The summed E-state index contributed by atoms with van der Waals surface area (Å²) in [5.74, 6) is 0. The minimum atomic E-state index is 0. The smallest absolute Gasteiger partial charge is 0.181 e. The van der Waals surface area contributed by atoms with Crippen LogP contribution in [0.2, 0.25) is 0 Å². The number of hydrogen-bond donors (Lipinski definition) is 0. The normalized spacial score (nSPS) is 15.0. The fourth-order valence-corrected chi connectivity index (χ4v) is 5.87. The number of anilines is 1. The van der Waals surface area contributed by atoms with E-state index >= 15 is 0 Å². The average molecular weight is 551 g/mol. The van der Waals surface area contributed by atoms with Gasteiger partial charge in [-0.3, -0.25) is 0 Å². The molecule has 0 spiro atoms. The topological polar surface area (TPSA) is 7.12 Å². The van der Waals surface area contributed by atoms with Crippen molar-refractivity contribution in [1.82, 2.24) is 0 Å². The molecule has 1 unspecified atom stereocenters. The van der Waals surface area contributed by atoms with Gasteiger partial charge in [0.1, 0.15) is 0 Å². The number of aromatic nitrogens is 1. The Balaban J connectivity index is 0.00000245. The van der Waals surface area contributed by atoms with Gasteiger partial charge in [-0.2, -0.15) is 4.57 Å². The van der Waals surface area contributed by atoms with E-state index in [-0.39, 0.29) is 24.0 Å². The van der Waals surface area contributed by atoms with E-state index in [9.17, 15) is 0 Å². The molecule has 4 aromatic rings. The van der Waals surface area contributed by atoms with Gasteiger partial charge in [-0.25, -0.2) is 0 Å².